The van der Waals surface area contributed by atoms with Gasteiger partial charge in [-0.05, 0) is 106 Å². The number of carbonyl (C=O) groups is 3. The molecule has 0 aliphatic carbocycles. The Morgan fingerprint density at radius 2 is 1.67 bits per heavy atom. The summed E-state index contributed by atoms with van der Waals surface area (Å²) in [4.78, 5) is 60.0. The average molecular weight is 954 g/mol. The van der Waals surface area contributed by atoms with E-state index in [0.717, 1.165) is 80.2 Å². The van der Waals surface area contributed by atoms with Crippen molar-refractivity contribution in [1.29, 1.82) is 0 Å². The van der Waals surface area contributed by atoms with Crippen molar-refractivity contribution in [2.24, 2.45) is 5.41 Å². The van der Waals surface area contributed by atoms with Crippen LogP contribution in [0, 0.1) is 17.8 Å². The Bertz CT molecular complexity index is 2600. The van der Waals surface area contributed by atoms with Gasteiger partial charge in [0.1, 0.15) is 23.6 Å². The van der Waals surface area contributed by atoms with E-state index >= 15 is 0 Å². The van der Waals surface area contributed by atoms with Gasteiger partial charge in [-0.3, -0.25) is 9.59 Å². The standard InChI is InChI=1S/C53H67N11O6/c1-8-33-13-14-38(45(25-33)70-7)31(2)56-49(67)43-26-37(65)30-64(43)50(68)47(53(4,5)6)58-52(69)62-22-17-36(18-23-62)61-20-15-34(16-21-61)35-28-54-51(55-29-35)63-24-19-41-46(32(63)3)40-27-42(59-60-48(40)57-41)39-11-9-10-12-44(39)66/h1,9-14,25,27-29,31-32,34,36-37,41,43,46-47,65-66H,15-24,26,30H2,2-7H3,(H,56,67)(H,57,60)(H,58,69)/t31-,32+,37+,41?,43-,46?,47+/m0/s1. The molecule has 70 heavy (non-hydrogen) atoms. The van der Waals surface area contributed by atoms with Gasteiger partial charge < -0.3 is 50.5 Å². The van der Waals surface area contributed by atoms with Gasteiger partial charge in [-0.25, -0.2) is 14.8 Å². The van der Waals surface area contributed by atoms with Crippen molar-refractivity contribution in [2.75, 3.05) is 56.6 Å². The number of terminal acetylenes is 1. The lowest BCUT2D eigenvalue weighted by Crippen LogP contribution is -2.60. The number of piperidine rings is 3. The third kappa shape index (κ3) is 9.80. The number of aliphatic hydroxyl groups is 1. The number of phenols is 1. The number of phenolic OH excluding ortho intramolecular Hbond substituents is 1. The Hall–Kier alpha value is -6.51. The number of hydrogen-bond donors (Lipinski definition) is 5. The van der Waals surface area contributed by atoms with E-state index in [1.807, 2.05) is 58.3 Å². The minimum Gasteiger partial charge on any atom is -0.507 e. The number of benzene rings is 2. The molecule has 17 nitrogen and oxygen atoms in total. The van der Waals surface area contributed by atoms with Crippen LogP contribution in [0.15, 0.2) is 60.9 Å². The number of nitrogens with one attached hydrogen (secondary N) is 3. The number of nitrogens with zero attached hydrogens (tertiary/aromatic N) is 8. The van der Waals surface area contributed by atoms with Crippen LogP contribution in [-0.2, 0) is 9.59 Å². The molecule has 7 atom stereocenters. The number of aromatic nitrogens is 4. The van der Waals surface area contributed by atoms with Gasteiger partial charge in [0.2, 0.25) is 17.8 Å². The molecular formula is C53H67N11O6. The Kier molecular flexibility index (Phi) is 13.9. The van der Waals surface area contributed by atoms with E-state index in [9.17, 15) is 24.6 Å². The highest BCUT2D eigenvalue weighted by Crippen LogP contribution is 2.45. The summed E-state index contributed by atoms with van der Waals surface area (Å²) in [6.45, 7) is 13.6. The predicted octanol–water partition coefficient (Wildman–Crippen LogP) is 5.41. The second-order valence-electron chi connectivity index (χ2n) is 20.9. The molecule has 5 aliphatic heterocycles. The third-order valence-corrected chi connectivity index (χ3v) is 15.5. The minimum atomic E-state index is -0.928. The van der Waals surface area contributed by atoms with Crippen molar-refractivity contribution in [3.63, 3.8) is 0 Å². The van der Waals surface area contributed by atoms with Crippen LogP contribution in [0.5, 0.6) is 11.5 Å². The predicted molar refractivity (Wildman–Crippen MR) is 266 cm³/mol. The van der Waals surface area contributed by atoms with Gasteiger partial charge in [0, 0.05) is 91.3 Å². The van der Waals surface area contributed by atoms with Crippen LogP contribution >= 0.6 is 0 Å². The Balaban J connectivity index is 0.758. The molecule has 370 valence electrons. The van der Waals surface area contributed by atoms with E-state index in [0.29, 0.717) is 47.6 Å². The van der Waals surface area contributed by atoms with Gasteiger partial charge in [-0.1, -0.05) is 44.9 Å². The number of amides is 4. The highest BCUT2D eigenvalue weighted by atomic mass is 16.5. The molecule has 5 N–H and O–H groups in total. The molecule has 0 bridgehead atoms. The molecule has 5 aliphatic rings. The highest BCUT2D eigenvalue weighted by molar-refractivity contribution is 5.93. The number of rotatable bonds is 10. The minimum absolute atomic E-state index is 0.0113. The van der Waals surface area contributed by atoms with Crippen LogP contribution in [-0.4, -0.2) is 146 Å². The summed E-state index contributed by atoms with van der Waals surface area (Å²) < 4.78 is 5.54. The van der Waals surface area contributed by atoms with E-state index < -0.39 is 41.5 Å². The summed E-state index contributed by atoms with van der Waals surface area (Å²) >= 11 is 0. The summed E-state index contributed by atoms with van der Waals surface area (Å²) in [5, 5.41) is 39.8. The molecule has 2 aromatic carbocycles. The average Bonchev–Trinajstić information content (AvgIpc) is 3.96. The molecule has 2 unspecified atom stereocenters. The van der Waals surface area contributed by atoms with Gasteiger partial charge >= 0.3 is 6.03 Å². The van der Waals surface area contributed by atoms with Crippen molar-refractivity contribution in [2.45, 2.75) is 127 Å². The van der Waals surface area contributed by atoms with Crippen LogP contribution in [0.4, 0.5) is 16.6 Å². The molecule has 4 aromatic rings. The Morgan fingerprint density at radius 3 is 2.36 bits per heavy atom. The maximum Gasteiger partial charge on any atom is 0.318 e. The zero-order valence-electron chi connectivity index (χ0n) is 41.1. The molecule has 0 saturated carbocycles. The third-order valence-electron chi connectivity index (χ3n) is 15.5. The number of aromatic hydroxyl groups is 1. The zero-order valence-corrected chi connectivity index (χ0v) is 41.1. The molecule has 4 amide bonds. The first-order valence-corrected chi connectivity index (χ1v) is 24.9. The summed E-state index contributed by atoms with van der Waals surface area (Å²) in [6, 6.07) is 12.7. The quantitative estimate of drug-likeness (QED) is 0.127. The smallest absolute Gasteiger partial charge is 0.318 e. The molecule has 4 fully saturated rings. The SMILES string of the molecule is C#Cc1ccc([C@H](C)NC(=O)[C@@H]2C[C@@H](O)CN2C(=O)[C@@H](NC(=O)N2CCC(N3CCC(c4cnc(N5CCC6Nc7nnc(-c8ccccc8O)cc7C6[C@H]5C)nc4)CC3)CC2)C(C)(C)C)c(OC)c1. The van der Waals surface area contributed by atoms with Gasteiger partial charge in [-0.15, -0.1) is 16.6 Å². The highest BCUT2D eigenvalue weighted by Gasteiger charge is 2.46. The lowest BCUT2D eigenvalue weighted by Gasteiger charge is -2.42. The van der Waals surface area contributed by atoms with Crippen molar-refractivity contribution >= 4 is 29.6 Å². The van der Waals surface area contributed by atoms with Crippen LogP contribution in [0.2, 0.25) is 0 Å². The number of anilines is 2. The summed E-state index contributed by atoms with van der Waals surface area (Å²) in [7, 11) is 1.54. The van der Waals surface area contributed by atoms with Gasteiger partial charge in [0.25, 0.3) is 0 Å². The second kappa shape index (κ2) is 20.1. The number of likely N-dealkylation sites (tertiary alicyclic amines) is 3. The van der Waals surface area contributed by atoms with Gasteiger partial charge in [-0.2, -0.15) is 0 Å². The van der Waals surface area contributed by atoms with Crippen molar-refractivity contribution < 1.29 is 29.3 Å². The molecule has 0 radical (unpaired) electrons. The first kappa shape index (κ1) is 48.5. The van der Waals surface area contributed by atoms with E-state index in [-0.39, 0.29) is 42.7 Å². The fourth-order valence-electron chi connectivity index (χ4n) is 11.5. The van der Waals surface area contributed by atoms with Crippen LogP contribution in [0.25, 0.3) is 11.3 Å². The van der Waals surface area contributed by atoms with Crippen LogP contribution in [0.3, 0.4) is 0 Å². The molecule has 0 spiro atoms. The fraction of sp³-hybridized carbons (Fsp3) is 0.528. The normalized spacial score (nSPS) is 23.9. The van der Waals surface area contributed by atoms with Crippen LogP contribution < -0.4 is 25.6 Å². The summed E-state index contributed by atoms with van der Waals surface area (Å²) in [6.07, 6.45) is 13.4. The number of methoxy groups -OCH3 is 1. The number of para-hydroxylation sites is 1. The molecule has 2 aromatic heterocycles. The Morgan fingerprint density at radius 1 is 0.943 bits per heavy atom. The molecule has 9 rings (SSSR count). The maximum absolute atomic E-state index is 14.4. The van der Waals surface area contributed by atoms with Crippen molar-refractivity contribution in [3.8, 4) is 35.1 Å². The van der Waals surface area contributed by atoms with Crippen molar-refractivity contribution in [1.82, 2.24) is 45.5 Å². The zero-order chi connectivity index (χ0) is 49.4. The molecular weight excluding hydrogens is 887 g/mol. The number of urea groups is 1. The first-order valence-electron chi connectivity index (χ1n) is 24.9. The van der Waals surface area contributed by atoms with E-state index in [2.05, 4.69) is 54.9 Å². The molecule has 7 heterocycles. The van der Waals surface area contributed by atoms with Gasteiger partial charge in [0.15, 0.2) is 5.82 Å². The number of fused-ring (bicyclic) bond motifs is 3. The largest absolute Gasteiger partial charge is 0.507 e. The molecule has 17 heteroatoms. The number of aliphatic hydroxyl groups excluding tert-OH is 1. The van der Waals surface area contributed by atoms with Crippen molar-refractivity contribution in [3.05, 3.63) is 83.2 Å². The first-order chi connectivity index (χ1) is 33.6. The van der Waals surface area contributed by atoms with Gasteiger partial charge in [0.05, 0.1) is 24.9 Å². The van der Waals surface area contributed by atoms with E-state index in [1.54, 1.807) is 29.2 Å². The number of ether oxygens (including phenoxy) is 1. The summed E-state index contributed by atoms with van der Waals surface area (Å²) in [5.74, 6) is 4.58. The fourth-order valence-corrected chi connectivity index (χ4v) is 11.5. The Labute approximate surface area is 410 Å². The lowest BCUT2D eigenvalue weighted by molar-refractivity contribution is -0.142. The number of hydrogen-bond acceptors (Lipinski definition) is 13. The topological polar surface area (TPSA) is 202 Å². The van der Waals surface area contributed by atoms with E-state index in [4.69, 9.17) is 21.1 Å². The van der Waals surface area contributed by atoms with Crippen LogP contribution in [0.1, 0.15) is 113 Å². The second-order valence-corrected chi connectivity index (χ2v) is 20.9. The maximum atomic E-state index is 14.4. The number of β-amino-alcohol motifs (C(OH)–C–C–N with tert-alkyl or cyclic N) is 1. The molecule has 4 saturated heterocycles. The lowest BCUT2D eigenvalue weighted by atomic mass is 9.83. The monoisotopic (exact) mass is 954 g/mol. The number of carbonyl (C=O) groups excluding carboxylic acids is 3. The summed E-state index contributed by atoms with van der Waals surface area (Å²) in [5.41, 5.74) is 4.28. The van der Waals surface area contributed by atoms with E-state index in [1.165, 1.54) is 12.0 Å².